The number of nitrogens with one attached hydrogen (secondary N) is 2. The smallest absolute Gasteiger partial charge is 0.261 e. The second-order valence-corrected chi connectivity index (χ2v) is 12.1. The van der Waals surface area contributed by atoms with Gasteiger partial charge in [-0.2, -0.15) is 0 Å². The molecular weight excluding hydrogens is 539 g/mol. The topological polar surface area (TPSA) is 97.4 Å². The van der Waals surface area contributed by atoms with E-state index < -0.39 is 15.9 Å². The third-order valence-corrected chi connectivity index (χ3v) is 8.89. The van der Waals surface area contributed by atoms with E-state index in [4.69, 9.17) is 4.74 Å². The van der Waals surface area contributed by atoms with E-state index in [9.17, 15) is 13.2 Å². The van der Waals surface area contributed by atoms with Crippen molar-refractivity contribution in [1.29, 1.82) is 0 Å². The molecule has 0 aliphatic heterocycles. The molecule has 10 heteroatoms. The molecule has 0 aliphatic carbocycles. The molecule has 7 nitrogen and oxygen atoms in total. The number of sulfonamides is 1. The van der Waals surface area contributed by atoms with Crippen LogP contribution < -0.4 is 14.8 Å². The van der Waals surface area contributed by atoms with Crippen molar-refractivity contribution >= 4 is 49.4 Å². The number of hydrogen-bond donors (Lipinski definition) is 2. The van der Waals surface area contributed by atoms with Gasteiger partial charge in [-0.25, -0.2) is 13.4 Å². The Hall–Kier alpha value is -3.99. The highest BCUT2D eigenvalue weighted by atomic mass is 32.2. The minimum Gasteiger partial charge on any atom is -0.497 e. The number of thiophene rings is 1. The van der Waals surface area contributed by atoms with Gasteiger partial charge >= 0.3 is 0 Å². The number of rotatable bonds is 8. The SMILES string of the molecule is COc1ccc(C(=O)Nc2nc(-c3ccccc3)cs2)c(NS(=O)(=O)c2ccc(-c3ccc(C)s3)cc2)c1. The molecule has 0 radical (unpaired) electrons. The molecule has 2 aromatic heterocycles. The standard InChI is InChI=1S/C28H23N3O4S3/c1-18-8-15-26(37-18)20-9-12-22(13-10-20)38(33,34)31-24-16-21(35-2)11-14-23(24)27(32)30-28-29-25(17-36-28)19-6-4-3-5-7-19/h3-17,31H,1-2H3,(H,29,30,32). The Bertz CT molecular complexity index is 1690. The summed E-state index contributed by atoms with van der Waals surface area (Å²) in [5, 5.41) is 5.03. The molecule has 1 amide bonds. The average molecular weight is 562 g/mol. The number of ether oxygens (including phenoxy) is 1. The second-order valence-electron chi connectivity index (χ2n) is 8.31. The predicted molar refractivity (Wildman–Crippen MR) is 154 cm³/mol. The van der Waals surface area contributed by atoms with E-state index in [2.05, 4.69) is 15.0 Å². The number of methoxy groups -OCH3 is 1. The number of thiazole rings is 1. The molecular formula is C28H23N3O4S3. The van der Waals surface area contributed by atoms with Crippen molar-refractivity contribution in [3.63, 3.8) is 0 Å². The summed E-state index contributed by atoms with van der Waals surface area (Å²) in [6.07, 6.45) is 0. The molecule has 0 aliphatic rings. The highest BCUT2D eigenvalue weighted by molar-refractivity contribution is 7.92. The van der Waals surface area contributed by atoms with Gasteiger partial charge in [0.1, 0.15) is 5.75 Å². The van der Waals surface area contributed by atoms with Crippen LogP contribution in [0.3, 0.4) is 0 Å². The molecule has 0 unspecified atom stereocenters. The van der Waals surface area contributed by atoms with E-state index in [1.807, 2.05) is 54.8 Å². The quantitative estimate of drug-likeness (QED) is 0.215. The highest BCUT2D eigenvalue weighted by Gasteiger charge is 2.21. The van der Waals surface area contributed by atoms with Gasteiger partial charge in [0.05, 0.1) is 29.0 Å². The van der Waals surface area contributed by atoms with Gasteiger partial charge in [0.2, 0.25) is 0 Å². The lowest BCUT2D eigenvalue weighted by molar-refractivity contribution is 0.102. The van der Waals surface area contributed by atoms with Gasteiger partial charge in [0.15, 0.2) is 5.13 Å². The summed E-state index contributed by atoms with van der Waals surface area (Å²) in [4.78, 5) is 20.0. The summed E-state index contributed by atoms with van der Waals surface area (Å²) in [6.45, 7) is 2.02. The van der Waals surface area contributed by atoms with Crippen LogP contribution in [0.15, 0.2) is 95.2 Å². The number of amides is 1. The van der Waals surface area contributed by atoms with Crippen molar-refractivity contribution in [2.75, 3.05) is 17.1 Å². The fourth-order valence-electron chi connectivity index (χ4n) is 3.76. The third kappa shape index (κ3) is 5.62. The van der Waals surface area contributed by atoms with Crippen LogP contribution in [-0.4, -0.2) is 26.4 Å². The fraction of sp³-hybridized carbons (Fsp3) is 0.0714. The zero-order valence-electron chi connectivity index (χ0n) is 20.5. The molecule has 0 atom stereocenters. The summed E-state index contributed by atoms with van der Waals surface area (Å²) in [7, 11) is -2.52. The van der Waals surface area contributed by atoms with Crippen LogP contribution >= 0.6 is 22.7 Å². The summed E-state index contributed by atoms with van der Waals surface area (Å²) in [6, 6.07) is 24.9. The summed E-state index contributed by atoms with van der Waals surface area (Å²) < 4.78 is 34.3. The first-order valence-corrected chi connectivity index (χ1v) is 14.7. The monoisotopic (exact) mass is 561 g/mol. The van der Waals surface area contributed by atoms with Crippen LogP contribution in [0.2, 0.25) is 0 Å². The van der Waals surface area contributed by atoms with Crippen molar-refractivity contribution < 1.29 is 17.9 Å². The maximum Gasteiger partial charge on any atom is 0.261 e. The van der Waals surface area contributed by atoms with Crippen LogP contribution in [0, 0.1) is 6.92 Å². The van der Waals surface area contributed by atoms with E-state index in [1.54, 1.807) is 41.7 Å². The van der Waals surface area contributed by atoms with Gasteiger partial charge in [0, 0.05) is 26.8 Å². The number of benzene rings is 3. The third-order valence-electron chi connectivity index (χ3n) is 5.70. The van der Waals surface area contributed by atoms with Crippen molar-refractivity contribution in [3.05, 3.63) is 101 Å². The van der Waals surface area contributed by atoms with E-state index in [0.29, 0.717) is 10.9 Å². The Balaban J connectivity index is 1.38. The van der Waals surface area contributed by atoms with E-state index >= 15 is 0 Å². The van der Waals surface area contributed by atoms with Crippen LogP contribution in [0.25, 0.3) is 21.7 Å². The highest BCUT2D eigenvalue weighted by Crippen LogP contribution is 2.31. The van der Waals surface area contributed by atoms with Gasteiger partial charge in [-0.05, 0) is 48.9 Å². The van der Waals surface area contributed by atoms with Gasteiger partial charge in [-0.15, -0.1) is 22.7 Å². The molecule has 0 spiro atoms. The summed E-state index contributed by atoms with van der Waals surface area (Å²) >= 11 is 2.93. The largest absolute Gasteiger partial charge is 0.497 e. The number of nitrogens with zero attached hydrogens (tertiary/aromatic N) is 1. The van der Waals surface area contributed by atoms with E-state index in [0.717, 1.165) is 21.7 Å². The molecule has 0 saturated heterocycles. The Morgan fingerprint density at radius 2 is 1.68 bits per heavy atom. The normalized spacial score (nSPS) is 11.2. The van der Waals surface area contributed by atoms with Crippen LogP contribution in [-0.2, 0) is 10.0 Å². The maximum atomic E-state index is 13.3. The summed E-state index contributed by atoms with van der Waals surface area (Å²) in [5.41, 5.74) is 2.84. The van der Waals surface area contributed by atoms with Crippen LogP contribution in [0.5, 0.6) is 5.75 Å². The second kappa shape index (κ2) is 10.8. The van der Waals surface area contributed by atoms with Crippen molar-refractivity contribution in [2.24, 2.45) is 0 Å². The zero-order chi connectivity index (χ0) is 26.7. The lowest BCUT2D eigenvalue weighted by Crippen LogP contribution is -2.18. The first-order chi connectivity index (χ1) is 18.3. The predicted octanol–water partition coefficient (Wildman–Crippen LogP) is 6.91. The molecule has 5 aromatic rings. The fourth-order valence-corrected chi connectivity index (χ4v) is 6.42. The van der Waals surface area contributed by atoms with Gasteiger partial charge in [-0.3, -0.25) is 14.8 Å². The number of hydrogen-bond acceptors (Lipinski definition) is 7. The minimum absolute atomic E-state index is 0.0798. The molecule has 3 aromatic carbocycles. The van der Waals surface area contributed by atoms with Crippen LogP contribution in [0.1, 0.15) is 15.2 Å². The molecule has 192 valence electrons. The van der Waals surface area contributed by atoms with Crippen LogP contribution in [0.4, 0.5) is 10.8 Å². The first-order valence-electron chi connectivity index (χ1n) is 11.5. The van der Waals surface area contributed by atoms with Gasteiger partial charge in [-0.1, -0.05) is 42.5 Å². The Kier molecular flexibility index (Phi) is 7.28. The number of aryl methyl sites for hydroxylation is 1. The molecule has 0 fully saturated rings. The lowest BCUT2D eigenvalue weighted by Gasteiger charge is -2.14. The van der Waals surface area contributed by atoms with E-state index in [-0.39, 0.29) is 16.1 Å². The summed E-state index contributed by atoms with van der Waals surface area (Å²) in [5.74, 6) is -0.0917. The Labute approximate surface area is 228 Å². The zero-order valence-corrected chi connectivity index (χ0v) is 22.9. The first kappa shape index (κ1) is 25.7. The molecule has 38 heavy (non-hydrogen) atoms. The van der Waals surface area contributed by atoms with Crippen molar-refractivity contribution in [3.8, 4) is 27.4 Å². The van der Waals surface area contributed by atoms with Crippen molar-refractivity contribution in [1.82, 2.24) is 4.98 Å². The number of carbonyl (C=O) groups is 1. The van der Waals surface area contributed by atoms with Crippen molar-refractivity contribution in [2.45, 2.75) is 11.8 Å². The molecule has 0 saturated carbocycles. The molecule has 2 heterocycles. The van der Waals surface area contributed by atoms with Gasteiger partial charge < -0.3 is 4.74 Å². The van der Waals surface area contributed by atoms with Gasteiger partial charge in [0.25, 0.3) is 15.9 Å². The maximum absolute atomic E-state index is 13.3. The molecule has 5 rings (SSSR count). The number of anilines is 2. The average Bonchev–Trinajstić information content (AvgIpc) is 3.58. The van der Waals surface area contributed by atoms with E-state index in [1.165, 1.54) is 35.5 Å². The Morgan fingerprint density at radius 3 is 2.37 bits per heavy atom. The number of aromatic nitrogens is 1. The molecule has 2 N–H and O–H groups in total. The number of carbonyl (C=O) groups excluding carboxylic acids is 1. The molecule has 0 bridgehead atoms. The Morgan fingerprint density at radius 1 is 0.921 bits per heavy atom. The lowest BCUT2D eigenvalue weighted by atomic mass is 10.1. The minimum atomic E-state index is -3.99.